The smallest absolute Gasteiger partial charge is 0.308 e. The Hall–Kier alpha value is -0.610. The number of hydrogen-bond acceptors (Lipinski definition) is 5. The molecule has 1 rings (SSSR count). The van der Waals surface area contributed by atoms with E-state index < -0.39 is 13.3 Å². The molecule has 0 amide bonds. The molecule has 1 aromatic carbocycles. The minimum absolute atomic E-state index is 0.177. The van der Waals surface area contributed by atoms with Gasteiger partial charge in [0.1, 0.15) is 0 Å². The Balaban J connectivity index is 3.21. The summed E-state index contributed by atoms with van der Waals surface area (Å²) in [7, 11) is -3.51. The molecule has 0 fully saturated rings. The average molecular weight is 316 g/mol. The Kier molecular flexibility index (Phi) is 7.52. The molecule has 112 valence electrons. The third-order valence-corrected chi connectivity index (χ3v) is 5.94. The zero-order valence-corrected chi connectivity index (χ0v) is 13.8. The molecule has 6 heteroatoms. The van der Waals surface area contributed by atoms with Gasteiger partial charge in [0.15, 0.2) is 5.66 Å². The van der Waals surface area contributed by atoms with Crippen molar-refractivity contribution in [3.05, 3.63) is 35.9 Å². The van der Waals surface area contributed by atoms with E-state index in [2.05, 4.69) is 0 Å². The van der Waals surface area contributed by atoms with Crippen molar-refractivity contribution in [3.8, 4) is 0 Å². The summed E-state index contributed by atoms with van der Waals surface area (Å²) < 4.78 is 23.7. The molecular weight excluding hydrogens is 295 g/mol. The Morgan fingerprint density at radius 1 is 1.15 bits per heavy atom. The predicted octanol–water partition coefficient (Wildman–Crippen LogP) is 4.27. The fourth-order valence-electron chi connectivity index (χ4n) is 1.85. The Bertz CT molecular complexity index is 454. The number of benzene rings is 1. The molecule has 0 saturated heterocycles. The van der Waals surface area contributed by atoms with Gasteiger partial charge in [-0.2, -0.15) is 0 Å². The van der Waals surface area contributed by atoms with Gasteiger partial charge in [0.25, 0.3) is 0 Å². The van der Waals surface area contributed by atoms with Crippen LogP contribution in [0.15, 0.2) is 30.3 Å². The van der Waals surface area contributed by atoms with Gasteiger partial charge in [-0.1, -0.05) is 49.0 Å². The molecule has 0 spiro atoms. The first-order chi connectivity index (χ1) is 9.59. The minimum Gasteiger partial charge on any atom is -0.308 e. The van der Waals surface area contributed by atoms with Crippen molar-refractivity contribution in [1.82, 2.24) is 0 Å². The maximum atomic E-state index is 13.0. The number of carbonyl (C=O) groups excluding carboxylic acids is 1. The van der Waals surface area contributed by atoms with Crippen LogP contribution in [0.25, 0.3) is 0 Å². The van der Waals surface area contributed by atoms with Crippen molar-refractivity contribution in [3.63, 3.8) is 0 Å². The van der Waals surface area contributed by atoms with Crippen molar-refractivity contribution in [2.45, 2.75) is 26.4 Å². The average Bonchev–Trinajstić information content (AvgIpc) is 2.40. The summed E-state index contributed by atoms with van der Waals surface area (Å²) in [6.07, 6.45) is 0. The predicted molar refractivity (Wildman–Crippen MR) is 83.2 cm³/mol. The van der Waals surface area contributed by atoms with Crippen molar-refractivity contribution < 1.29 is 18.4 Å². The lowest BCUT2D eigenvalue weighted by molar-refractivity contribution is -0.111. The summed E-state index contributed by atoms with van der Waals surface area (Å²) >= 11 is 1.14. The van der Waals surface area contributed by atoms with Crippen molar-refractivity contribution in [2.24, 2.45) is 0 Å². The quantitative estimate of drug-likeness (QED) is 0.670. The molecule has 0 aliphatic heterocycles. The van der Waals surface area contributed by atoms with Gasteiger partial charge in [0, 0.05) is 0 Å². The minimum atomic E-state index is -3.51. The molecular formula is C14H21O4PS. The molecule has 0 aliphatic carbocycles. The third-order valence-electron chi connectivity index (χ3n) is 2.56. The molecule has 1 unspecified atom stereocenters. The highest BCUT2D eigenvalue weighted by atomic mass is 32.2. The molecule has 1 atom stereocenters. The fraction of sp³-hybridized carbons (Fsp3) is 0.500. The number of rotatable bonds is 8. The lowest BCUT2D eigenvalue weighted by atomic mass is 10.2. The largest absolute Gasteiger partial charge is 0.346 e. The van der Waals surface area contributed by atoms with E-state index in [-0.39, 0.29) is 18.3 Å². The lowest BCUT2D eigenvalue weighted by Crippen LogP contribution is -2.14. The fourth-order valence-corrected chi connectivity index (χ4v) is 4.93. The second-order valence-electron chi connectivity index (χ2n) is 3.94. The van der Waals surface area contributed by atoms with Gasteiger partial charge in [-0.15, -0.1) is 0 Å². The zero-order chi connectivity index (χ0) is 15.0. The second-order valence-corrected chi connectivity index (χ2v) is 7.32. The van der Waals surface area contributed by atoms with Crippen LogP contribution in [0.2, 0.25) is 0 Å². The Morgan fingerprint density at radius 2 is 1.70 bits per heavy atom. The third kappa shape index (κ3) is 4.45. The summed E-state index contributed by atoms with van der Waals surface area (Å²) in [6, 6.07) is 9.04. The van der Waals surface area contributed by atoms with Gasteiger partial charge in [-0.3, -0.25) is 9.36 Å². The first-order valence-corrected chi connectivity index (χ1v) is 9.29. The lowest BCUT2D eigenvalue weighted by Gasteiger charge is -2.25. The zero-order valence-electron chi connectivity index (χ0n) is 12.1. The number of hydrogen-bond donors (Lipinski definition) is 0. The molecule has 0 N–H and O–H groups in total. The van der Waals surface area contributed by atoms with E-state index in [1.165, 1.54) is 0 Å². The van der Waals surface area contributed by atoms with Crippen LogP contribution in [0.3, 0.4) is 0 Å². The summed E-state index contributed by atoms with van der Waals surface area (Å²) in [6.45, 7) is 5.85. The monoisotopic (exact) mass is 316 g/mol. The molecule has 0 heterocycles. The molecule has 0 aliphatic rings. The van der Waals surface area contributed by atoms with Gasteiger partial charge < -0.3 is 9.05 Å². The van der Waals surface area contributed by atoms with E-state index in [0.29, 0.717) is 11.3 Å². The van der Waals surface area contributed by atoms with Crippen LogP contribution in [0, 0.1) is 0 Å². The SMILES string of the molecule is CCOP(=O)(OCC)C(C(=O)SCC)c1ccccc1. The van der Waals surface area contributed by atoms with E-state index in [0.717, 1.165) is 11.8 Å². The van der Waals surface area contributed by atoms with Crippen LogP contribution < -0.4 is 0 Å². The number of thioether (sulfide) groups is 1. The summed E-state index contributed by atoms with van der Waals surface area (Å²) in [5.41, 5.74) is -0.197. The van der Waals surface area contributed by atoms with Crippen molar-refractivity contribution in [2.75, 3.05) is 19.0 Å². The van der Waals surface area contributed by atoms with Crippen molar-refractivity contribution >= 4 is 24.5 Å². The second kappa shape index (κ2) is 8.63. The first kappa shape index (κ1) is 17.4. The van der Waals surface area contributed by atoms with Crippen LogP contribution in [0.4, 0.5) is 0 Å². The first-order valence-electron chi connectivity index (χ1n) is 6.69. The van der Waals surface area contributed by atoms with Gasteiger partial charge in [-0.05, 0) is 25.2 Å². The van der Waals surface area contributed by atoms with Gasteiger partial charge in [0.05, 0.1) is 13.2 Å². The van der Waals surface area contributed by atoms with Crippen LogP contribution in [-0.2, 0) is 18.4 Å². The highest BCUT2D eigenvalue weighted by molar-refractivity contribution is 8.14. The van der Waals surface area contributed by atoms with E-state index in [1.807, 2.05) is 25.1 Å². The molecule has 4 nitrogen and oxygen atoms in total. The summed E-state index contributed by atoms with van der Waals surface area (Å²) in [5, 5.41) is -0.177. The molecule has 0 aromatic heterocycles. The van der Waals surface area contributed by atoms with E-state index in [4.69, 9.17) is 9.05 Å². The van der Waals surface area contributed by atoms with Gasteiger partial charge in [0.2, 0.25) is 5.12 Å². The Morgan fingerprint density at radius 3 is 2.15 bits per heavy atom. The van der Waals surface area contributed by atoms with Crippen LogP contribution in [0.5, 0.6) is 0 Å². The normalized spacial score (nSPS) is 13.2. The van der Waals surface area contributed by atoms with E-state index in [9.17, 15) is 9.36 Å². The molecule has 0 radical (unpaired) electrons. The topological polar surface area (TPSA) is 52.6 Å². The molecule has 0 saturated carbocycles. The highest BCUT2D eigenvalue weighted by Gasteiger charge is 2.42. The maximum absolute atomic E-state index is 13.0. The van der Waals surface area contributed by atoms with Crippen molar-refractivity contribution in [1.29, 1.82) is 0 Å². The van der Waals surface area contributed by atoms with Gasteiger partial charge in [-0.25, -0.2) is 0 Å². The summed E-state index contributed by atoms with van der Waals surface area (Å²) in [4.78, 5) is 12.4. The van der Waals surface area contributed by atoms with Crippen LogP contribution >= 0.6 is 19.4 Å². The Labute approximate surface area is 124 Å². The highest BCUT2D eigenvalue weighted by Crippen LogP contribution is 2.62. The number of carbonyl (C=O) groups is 1. The maximum Gasteiger partial charge on any atom is 0.346 e. The molecule has 20 heavy (non-hydrogen) atoms. The standard InChI is InChI=1S/C14H21O4PS/c1-4-17-19(16,18-5-2)13(14(15)20-6-3)12-10-8-7-9-11-12/h7-11,13H,4-6H2,1-3H3. The van der Waals surface area contributed by atoms with E-state index in [1.54, 1.807) is 26.0 Å². The van der Waals surface area contributed by atoms with E-state index >= 15 is 0 Å². The van der Waals surface area contributed by atoms with Crippen LogP contribution in [0.1, 0.15) is 32.0 Å². The van der Waals surface area contributed by atoms with Crippen LogP contribution in [-0.4, -0.2) is 24.1 Å². The summed E-state index contributed by atoms with van der Waals surface area (Å²) in [5.74, 6) is 0.625. The molecule has 0 bridgehead atoms. The van der Waals surface area contributed by atoms with Gasteiger partial charge >= 0.3 is 7.60 Å². The molecule has 1 aromatic rings.